The van der Waals surface area contributed by atoms with E-state index < -0.39 is 0 Å². The molecule has 1 unspecified atom stereocenters. The molecule has 2 aromatic rings. The van der Waals surface area contributed by atoms with Crippen molar-refractivity contribution in [2.24, 2.45) is 0 Å². The molecule has 106 valence electrons. The normalized spacial score (nSPS) is 12.4. The van der Waals surface area contributed by atoms with Crippen molar-refractivity contribution in [3.63, 3.8) is 0 Å². The van der Waals surface area contributed by atoms with Crippen LogP contribution in [0.3, 0.4) is 0 Å². The van der Waals surface area contributed by atoms with Crippen LogP contribution in [-0.2, 0) is 0 Å². The van der Waals surface area contributed by atoms with Crippen LogP contribution in [0.2, 0.25) is 5.02 Å². The second kappa shape index (κ2) is 7.26. The van der Waals surface area contributed by atoms with E-state index in [0.717, 1.165) is 22.5 Å². The highest BCUT2D eigenvalue weighted by Gasteiger charge is 2.14. The molecule has 1 N–H and O–H groups in total. The maximum Gasteiger partial charge on any atom is 0.0577 e. The van der Waals surface area contributed by atoms with E-state index >= 15 is 0 Å². The highest BCUT2D eigenvalue weighted by atomic mass is 79.9. The van der Waals surface area contributed by atoms with Gasteiger partial charge in [0.2, 0.25) is 0 Å². The van der Waals surface area contributed by atoms with Crippen molar-refractivity contribution in [3.05, 3.63) is 68.7 Å². The Bertz CT molecular complexity index is 566. The van der Waals surface area contributed by atoms with Gasteiger partial charge in [0.25, 0.3) is 0 Å². The van der Waals surface area contributed by atoms with E-state index in [2.05, 4.69) is 65.4 Å². The molecular weight excluding hydrogens is 334 g/mol. The summed E-state index contributed by atoms with van der Waals surface area (Å²) in [6, 6.07) is 15.0. The zero-order valence-corrected chi connectivity index (χ0v) is 14.1. The molecule has 1 nitrogen and oxygen atoms in total. The number of nitrogens with one attached hydrogen (secondary N) is 1. The van der Waals surface area contributed by atoms with Gasteiger partial charge in [0.1, 0.15) is 0 Å². The largest absolute Gasteiger partial charge is 0.306 e. The molecule has 0 aliphatic heterocycles. The average Bonchev–Trinajstić information content (AvgIpc) is 2.45. The molecule has 2 rings (SSSR count). The summed E-state index contributed by atoms with van der Waals surface area (Å²) in [4.78, 5) is 0. The predicted molar refractivity (Wildman–Crippen MR) is 90.5 cm³/mol. The number of hydrogen-bond acceptors (Lipinski definition) is 1. The van der Waals surface area contributed by atoms with Gasteiger partial charge in [-0.15, -0.1) is 0 Å². The fourth-order valence-electron chi connectivity index (χ4n) is 2.17. The lowest BCUT2D eigenvalue weighted by molar-refractivity contribution is 0.598. The molecule has 20 heavy (non-hydrogen) atoms. The molecule has 0 saturated carbocycles. The summed E-state index contributed by atoms with van der Waals surface area (Å²) in [5, 5.41) is 4.34. The van der Waals surface area contributed by atoms with Gasteiger partial charge in [-0.25, -0.2) is 0 Å². The molecule has 1 atom stereocenters. The first-order valence-corrected chi connectivity index (χ1v) is 8.04. The van der Waals surface area contributed by atoms with Gasteiger partial charge in [-0.3, -0.25) is 0 Å². The Morgan fingerprint density at radius 3 is 2.35 bits per heavy atom. The van der Waals surface area contributed by atoms with Crippen LogP contribution in [0, 0.1) is 6.92 Å². The molecule has 0 saturated heterocycles. The Balaban J connectivity index is 2.35. The second-order valence-electron chi connectivity index (χ2n) is 4.97. The lowest BCUT2D eigenvalue weighted by atomic mass is 9.97. The molecule has 0 bridgehead atoms. The molecule has 2 aromatic carbocycles. The zero-order chi connectivity index (χ0) is 14.5. The van der Waals surface area contributed by atoms with Crippen LogP contribution in [0.1, 0.15) is 36.1 Å². The Hall–Kier alpha value is -0.830. The van der Waals surface area contributed by atoms with Gasteiger partial charge in [-0.2, -0.15) is 0 Å². The monoisotopic (exact) mass is 351 g/mol. The van der Waals surface area contributed by atoms with Crippen molar-refractivity contribution in [2.45, 2.75) is 26.3 Å². The Morgan fingerprint density at radius 2 is 1.75 bits per heavy atom. The summed E-state index contributed by atoms with van der Waals surface area (Å²) in [6.45, 7) is 5.26. The molecule has 0 amide bonds. The summed E-state index contributed by atoms with van der Waals surface area (Å²) in [7, 11) is 0. The molecule has 3 heteroatoms. The number of benzene rings is 2. The van der Waals surface area contributed by atoms with Crippen LogP contribution in [0.15, 0.2) is 46.9 Å². The van der Waals surface area contributed by atoms with Gasteiger partial charge < -0.3 is 5.32 Å². The summed E-state index contributed by atoms with van der Waals surface area (Å²) in [6.07, 6.45) is 1.10. The van der Waals surface area contributed by atoms with Crippen LogP contribution in [-0.4, -0.2) is 6.54 Å². The van der Waals surface area contributed by atoms with E-state index in [1.165, 1.54) is 16.7 Å². The van der Waals surface area contributed by atoms with Gasteiger partial charge in [-0.05, 0) is 59.1 Å². The van der Waals surface area contributed by atoms with E-state index in [4.69, 9.17) is 11.6 Å². The molecule has 0 heterocycles. The molecule has 0 spiro atoms. The van der Waals surface area contributed by atoms with Gasteiger partial charge in [-0.1, -0.05) is 54.4 Å². The van der Waals surface area contributed by atoms with Crippen molar-refractivity contribution in [1.82, 2.24) is 5.32 Å². The third kappa shape index (κ3) is 3.85. The van der Waals surface area contributed by atoms with E-state index in [9.17, 15) is 0 Å². The maximum atomic E-state index is 6.23. The number of aryl methyl sites for hydroxylation is 1. The number of halogens is 2. The van der Waals surface area contributed by atoms with Crippen molar-refractivity contribution < 1.29 is 0 Å². The fourth-order valence-corrected chi connectivity index (χ4v) is 2.60. The summed E-state index contributed by atoms with van der Waals surface area (Å²) in [5.74, 6) is 0. The third-order valence-electron chi connectivity index (χ3n) is 3.29. The molecule has 0 fully saturated rings. The first-order valence-electron chi connectivity index (χ1n) is 6.86. The fraction of sp³-hybridized carbons (Fsp3) is 0.294. The van der Waals surface area contributed by atoms with E-state index in [-0.39, 0.29) is 6.04 Å². The molecule has 0 aromatic heterocycles. The van der Waals surface area contributed by atoms with Crippen molar-refractivity contribution in [1.29, 1.82) is 0 Å². The van der Waals surface area contributed by atoms with Gasteiger partial charge in [0.15, 0.2) is 0 Å². The van der Waals surface area contributed by atoms with Crippen LogP contribution < -0.4 is 5.32 Å². The lowest BCUT2D eigenvalue weighted by Gasteiger charge is -2.20. The smallest absolute Gasteiger partial charge is 0.0577 e. The van der Waals surface area contributed by atoms with Crippen molar-refractivity contribution in [3.8, 4) is 0 Å². The van der Waals surface area contributed by atoms with Crippen molar-refractivity contribution in [2.75, 3.05) is 6.54 Å². The SMILES string of the molecule is CCCNC(c1ccc(C)cc1)c1ccc(Br)c(Cl)c1. The van der Waals surface area contributed by atoms with Crippen LogP contribution >= 0.6 is 27.5 Å². The Labute approximate surface area is 134 Å². The summed E-state index contributed by atoms with van der Waals surface area (Å²) >= 11 is 9.67. The molecule has 0 aliphatic carbocycles. The van der Waals surface area contributed by atoms with Gasteiger partial charge in [0.05, 0.1) is 11.1 Å². The summed E-state index contributed by atoms with van der Waals surface area (Å²) < 4.78 is 0.932. The van der Waals surface area contributed by atoms with Crippen LogP contribution in [0.4, 0.5) is 0 Å². The first-order chi connectivity index (χ1) is 9.61. The first kappa shape index (κ1) is 15.6. The van der Waals surface area contributed by atoms with E-state index in [1.807, 2.05) is 12.1 Å². The minimum absolute atomic E-state index is 0.182. The van der Waals surface area contributed by atoms with Crippen molar-refractivity contribution >= 4 is 27.5 Å². The standard InChI is InChI=1S/C17H19BrClN/c1-3-10-20-17(13-6-4-12(2)5-7-13)14-8-9-15(18)16(19)11-14/h4-9,11,17,20H,3,10H2,1-2H3. The van der Waals surface area contributed by atoms with Crippen LogP contribution in [0.5, 0.6) is 0 Å². The number of hydrogen-bond donors (Lipinski definition) is 1. The molecule has 0 radical (unpaired) electrons. The molecule has 0 aliphatic rings. The van der Waals surface area contributed by atoms with E-state index in [1.54, 1.807) is 0 Å². The second-order valence-corrected chi connectivity index (χ2v) is 6.23. The topological polar surface area (TPSA) is 12.0 Å². The highest BCUT2D eigenvalue weighted by molar-refractivity contribution is 9.10. The van der Waals surface area contributed by atoms with Gasteiger partial charge >= 0.3 is 0 Å². The average molecular weight is 353 g/mol. The Kier molecular flexibility index (Phi) is 5.64. The van der Waals surface area contributed by atoms with Crippen LogP contribution in [0.25, 0.3) is 0 Å². The lowest BCUT2D eigenvalue weighted by Crippen LogP contribution is -2.23. The molecular formula is C17H19BrClN. The number of rotatable bonds is 5. The predicted octanol–water partition coefficient (Wildman–Crippen LogP) is 5.50. The minimum Gasteiger partial charge on any atom is -0.306 e. The van der Waals surface area contributed by atoms with E-state index in [0.29, 0.717) is 0 Å². The zero-order valence-electron chi connectivity index (χ0n) is 11.8. The third-order valence-corrected chi connectivity index (χ3v) is 4.52. The quantitative estimate of drug-likeness (QED) is 0.749. The minimum atomic E-state index is 0.182. The van der Waals surface area contributed by atoms with Gasteiger partial charge in [0, 0.05) is 4.47 Å². The maximum absolute atomic E-state index is 6.23. The highest BCUT2D eigenvalue weighted by Crippen LogP contribution is 2.29. The Morgan fingerprint density at radius 1 is 1.10 bits per heavy atom. The summed E-state index contributed by atoms with van der Waals surface area (Å²) in [5.41, 5.74) is 3.73.